The van der Waals surface area contributed by atoms with Crippen LogP contribution in [0.15, 0.2) is 94.2 Å². The van der Waals surface area contributed by atoms with E-state index in [2.05, 4.69) is 19.9 Å². The summed E-state index contributed by atoms with van der Waals surface area (Å²) in [5.74, 6) is -0.871. The van der Waals surface area contributed by atoms with Crippen LogP contribution in [0.2, 0.25) is 5.02 Å². The summed E-state index contributed by atoms with van der Waals surface area (Å²) in [5, 5.41) is 19.3. The number of hydrogen-bond donors (Lipinski definition) is 2. The van der Waals surface area contributed by atoms with Gasteiger partial charge in [0, 0.05) is 33.8 Å². The molecular weight excluding hydrogens is 452 g/mol. The first-order valence-electron chi connectivity index (χ1n) is 9.24. The van der Waals surface area contributed by atoms with Crippen molar-refractivity contribution in [2.24, 2.45) is 10.2 Å². The van der Waals surface area contributed by atoms with Gasteiger partial charge in [0.25, 0.3) is 15.9 Å². The molecule has 1 heterocycles. The van der Waals surface area contributed by atoms with E-state index in [1.807, 2.05) is 0 Å². The number of pyridine rings is 1. The third kappa shape index (κ3) is 4.43. The molecule has 0 fully saturated rings. The second-order valence-corrected chi connectivity index (χ2v) is 8.76. The molecule has 0 aliphatic rings. The number of sulfonamides is 1. The summed E-state index contributed by atoms with van der Waals surface area (Å²) in [6, 6.07) is 16.6. The van der Waals surface area contributed by atoms with Crippen molar-refractivity contribution in [3.05, 3.63) is 89.7 Å². The number of benzene rings is 3. The molecule has 10 heteroatoms. The zero-order valence-corrected chi connectivity index (χ0v) is 17.9. The van der Waals surface area contributed by atoms with Gasteiger partial charge in [-0.3, -0.25) is 14.5 Å². The zero-order valence-electron chi connectivity index (χ0n) is 16.3. The summed E-state index contributed by atoms with van der Waals surface area (Å²) in [7, 11) is -3.96. The lowest BCUT2D eigenvalue weighted by Gasteiger charge is -2.13. The number of rotatable bonds is 5. The van der Waals surface area contributed by atoms with E-state index in [-0.39, 0.29) is 27.6 Å². The molecule has 8 nitrogen and oxygen atoms in total. The summed E-state index contributed by atoms with van der Waals surface area (Å²) < 4.78 is 28.3. The Morgan fingerprint density at radius 1 is 0.969 bits per heavy atom. The van der Waals surface area contributed by atoms with Crippen LogP contribution in [0.5, 0.6) is 5.75 Å². The molecule has 0 aliphatic carbocycles. The maximum absolute atomic E-state index is 12.9. The van der Waals surface area contributed by atoms with E-state index in [1.54, 1.807) is 24.3 Å². The number of phenols is 1. The Bertz CT molecular complexity index is 1440. The average Bonchev–Trinajstić information content (AvgIpc) is 2.80. The second-order valence-electron chi connectivity index (χ2n) is 6.64. The number of carbonyl (C=O) groups is 1. The smallest absolute Gasteiger partial charge is 0.295 e. The van der Waals surface area contributed by atoms with Crippen molar-refractivity contribution in [2.75, 3.05) is 4.72 Å². The summed E-state index contributed by atoms with van der Waals surface area (Å²) in [6.07, 6.45) is 2.89. The molecule has 0 atom stereocenters. The Morgan fingerprint density at radius 2 is 1.62 bits per heavy atom. The Balaban J connectivity index is 1.76. The molecule has 0 saturated carbocycles. The predicted molar refractivity (Wildman–Crippen MR) is 121 cm³/mol. The van der Waals surface area contributed by atoms with Crippen molar-refractivity contribution in [1.29, 1.82) is 0 Å². The highest BCUT2D eigenvalue weighted by molar-refractivity contribution is 7.92. The van der Waals surface area contributed by atoms with Gasteiger partial charge in [0.15, 0.2) is 5.75 Å². The van der Waals surface area contributed by atoms with Crippen LogP contribution in [0.3, 0.4) is 0 Å². The van der Waals surface area contributed by atoms with Gasteiger partial charge < -0.3 is 5.11 Å². The topological polar surface area (TPSA) is 121 Å². The van der Waals surface area contributed by atoms with Gasteiger partial charge in [0.2, 0.25) is 0 Å². The maximum atomic E-state index is 12.9. The monoisotopic (exact) mass is 466 g/mol. The van der Waals surface area contributed by atoms with E-state index in [0.29, 0.717) is 15.8 Å². The van der Waals surface area contributed by atoms with Gasteiger partial charge in [-0.05, 0) is 42.5 Å². The second kappa shape index (κ2) is 8.74. The molecule has 0 radical (unpaired) electrons. The minimum atomic E-state index is -3.96. The lowest BCUT2D eigenvalue weighted by Crippen LogP contribution is -2.13. The Labute approximate surface area is 188 Å². The van der Waals surface area contributed by atoms with Crippen LogP contribution in [0, 0.1) is 0 Å². The van der Waals surface area contributed by atoms with E-state index < -0.39 is 15.9 Å². The van der Waals surface area contributed by atoms with Crippen molar-refractivity contribution in [1.82, 2.24) is 4.98 Å². The number of phenolic OH excluding ortho intramolecular Hbond substituents is 1. The van der Waals surface area contributed by atoms with Crippen molar-refractivity contribution in [2.45, 2.75) is 4.90 Å². The number of aromatic nitrogens is 1. The van der Waals surface area contributed by atoms with E-state index in [4.69, 9.17) is 11.6 Å². The summed E-state index contributed by atoms with van der Waals surface area (Å²) in [6.45, 7) is 0. The van der Waals surface area contributed by atoms with Crippen LogP contribution >= 0.6 is 11.6 Å². The number of amides is 1. The molecule has 2 N–H and O–H groups in total. The van der Waals surface area contributed by atoms with Crippen molar-refractivity contribution in [3.8, 4) is 5.75 Å². The predicted octanol–water partition coefficient (Wildman–Crippen LogP) is 5.32. The van der Waals surface area contributed by atoms with Gasteiger partial charge in [-0.15, -0.1) is 10.2 Å². The number of azo groups is 1. The maximum Gasteiger partial charge on any atom is 0.295 e. The molecule has 1 aromatic heterocycles. The van der Waals surface area contributed by atoms with Crippen molar-refractivity contribution in [3.63, 3.8) is 0 Å². The van der Waals surface area contributed by atoms with Gasteiger partial charge in [0.1, 0.15) is 5.69 Å². The first-order chi connectivity index (χ1) is 15.3. The molecular formula is C22H15ClN4O4S. The van der Waals surface area contributed by atoms with Crippen LogP contribution in [-0.2, 0) is 10.0 Å². The minimum absolute atomic E-state index is 0.00935. The molecule has 4 aromatic rings. The number of nitrogens with one attached hydrogen (secondary N) is 1. The number of fused-ring (bicyclic) bond motifs is 1. The van der Waals surface area contributed by atoms with E-state index >= 15 is 0 Å². The molecule has 0 saturated heterocycles. The van der Waals surface area contributed by atoms with Crippen LogP contribution < -0.4 is 4.72 Å². The van der Waals surface area contributed by atoms with Crippen molar-refractivity contribution < 1.29 is 18.3 Å². The number of halogens is 1. The molecule has 3 aromatic carbocycles. The van der Waals surface area contributed by atoms with Crippen LogP contribution in [0.25, 0.3) is 10.8 Å². The van der Waals surface area contributed by atoms with Gasteiger partial charge in [-0.25, -0.2) is 8.42 Å². The SMILES string of the molecule is O=C(N=Nc1cc(NS(=O)(=O)c2ccc(Cl)cc2)c2ccccc2c1O)c1ccncc1. The van der Waals surface area contributed by atoms with E-state index in [1.165, 1.54) is 54.9 Å². The highest BCUT2D eigenvalue weighted by Gasteiger charge is 2.18. The third-order valence-corrected chi connectivity index (χ3v) is 6.17. The number of nitrogens with zero attached hydrogens (tertiary/aromatic N) is 3. The fourth-order valence-corrected chi connectivity index (χ4v) is 4.17. The van der Waals surface area contributed by atoms with Crippen LogP contribution in [-0.4, -0.2) is 24.4 Å². The fourth-order valence-electron chi connectivity index (χ4n) is 2.97. The number of carbonyl (C=O) groups excluding carboxylic acids is 1. The Kier molecular flexibility index (Phi) is 5.85. The van der Waals surface area contributed by atoms with Crippen LogP contribution in [0.4, 0.5) is 11.4 Å². The summed E-state index contributed by atoms with van der Waals surface area (Å²) >= 11 is 5.85. The highest BCUT2D eigenvalue weighted by atomic mass is 35.5. The standard InChI is InChI=1S/C22H15ClN4O4S/c23-15-5-7-16(8-6-15)32(30,31)27-19-13-20(21(28)18-4-2-1-3-17(18)19)25-26-22(29)14-9-11-24-12-10-14/h1-13,27-28H. The lowest BCUT2D eigenvalue weighted by atomic mass is 10.1. The Hall–Kier alpha value is -3.82. The number of aromatic hydroxyl groups is 1. The molecule has 0 spiro atoms. The molecule has 0 aliphatic heterocycles. The molecule has 160 valence electrons. The third-order valence-electron chi connectivity index (χ3n) is 4.54. The first-order valence-corrected chi connectivity index (χ1v) is 11.1. The summed E-state index contributed by atoms with van der Waals surface area (Å²) in [5.41, 5.74) is 0.367. The minimum Gasteiger partial charge on any atom is -0.505 e. The molecule has 0 unspecified atom stereocenters. The molecule has 0 bridgehead atoms. The normalized spacial score (nSPS) is 11.7. The van der Waals surface area contributed by atoms with Gasteiger partial charge >= 0.3 is 0 Å². The van der Waals surface area contributed by atoms with E-state index in [9.17, 15) is 18.3 Å². The average molecular weight is 467 g/mol. The zero-order chi connectivity index (χ0) is 22.7. The fraction of sp³-hybridized carbons (Fsp3) is 0. The van der Waals surface area contributed by atoms with Crippen LogP contribution in [0.1, 0.15) is 10.4 Å². The molecule has 4 rings (SSSR count). The summed E-state index contributed by atoms with van der Waals surface area (Å²) in [4.78, 5) is 16.1. The van der Waals surface area contributed by atoms with E-state index in [0.717, 1.165) is 0 Å². The Morgan fingerprint density at radius 3 is 2.31 bits per heavy atom. The number of anilines is 1. The number of hydrogen-bond acceptors (Lipinski definition) is 6. The first kappa shape index (κ1) is 21.4. The van der Waals surface area contributed by atoms with Gasteiger partial charge in [0.05, 0.1) is 10.6 Å². The highest BCUT2D eigenvalue weighted by Crippen LogP contribution is 2.40. The molecule has 32 heavy (non-hydrogen) atoms. The van der Waals surface area contributed by atoms with Gasteiger partial charge in [-0.2, -0.15) is 0 Å². The van der Waals surface area contributed by atoms with Crippen molar-refractivity contribution >= 4 is 49.7 Å². The molecule has 1 amide bonds. The quantitative estimate of drug-likeness (QED) is 0.304. The lowest BCUT2D eigenvalue weighted by molar-refractivity contribution is 0.0995. The van der Waals surface area contributed by atoms with Gasteiger partial charge in [-0.1, -0.05) is 35.9 Å². The largest absolute Gasteiger partial charge is 0.505 e.